The van der Waals surface area contributed by atoms with Crippen LogP contribution in [0.1, 0.15) is 12.5 Å². The first-order valence-electron chi connectivity index (χ1n) is 7.22. The zero-order chi connectivity index (χ0) is 16.5. The van der Waals surface area contributed by atoms with Crippen molar-refractivity contribution in [2.45, 2.75) is 6.92 Å². The Morgan fingerprint density at radius 1 is 1.22 bits per heavy atom. The van der Waals surface area contributed by atoms with Gasteiger partial charge in [0.05, 0.1) is 19.4 Å². The third kappa shape index (κ3) is 5.43. The Hall–Kier alpha value is -2.89. The zero-order valence-corrected chi connectivity index (χ0v) is 12.8. The fraction of sp³-hybridized carbons (Fsp3) is 0.176. The highest BCUT2D eigenvalue weighted by Crippen LogP contribution is 2.15. The van der Waals surface area contributed by atoms with E-state index in [1.807, 2.05) is 31.2 Å². The maximum atomic E-state index is 13.3. The van der Waals surface area contributed by atoms with Gasteiger partial charge in [0, 0.05) is 11.3 Å². The highest BCUT2D eigenvalue weighted by molar-refractivity contribution is 5.84. The lowest BCUT2D eigenvalue weighted by molar-refractivity contribution is -0.119. The topological polar surface area (TPSA) is 62.7 Å². The molecular formula is C17H18FN3O2. The highest BCUT2D eigenvalue weighted by atomic mass is 19.1. The van der Waals surface area contributed by atoms with Crippen LogP contribution in [0.3, 0.4) is 0 Å². The van der Waals surface area contributed by atoms with Gasteiger partial charge in [-0.1, -0.05) is 18.2 Å². The second-order valence-electron chi connectivity index (χ2n) is 4.63. The minimum Gasteiger partial charge on any atom is -0.494 e. The molecule has 0 atom stereocenters. The maximum absolute atomic E-state index is 13.3. The Kier molecular flexibility index (Phi) is 6.11. The lowest BCUT2D eigenvalue weighted by Gasteiger charge is -2.07. The van der Waals surface area contributed by atoms with Crippen LogP contribution in [0.15, 0.2) is 53.6 Å². The number of carbonyl (C=O) groups is 1. The van der Waals surface area contributed by atoms with E-state index in [1.54, 1.807) is 18.2 Å². The summed E-state index contributed by atoms with van der Waals surface area (Å²) in [6, 6.07) is 13.5. The smallest absolute Gasteiger partial charge is 0.259 e. The second kappa shape index (κ2) is 8.53. The molecule has 0 bridgehead atoms. The van der Waals surface area contributed by atoms with Crippen LogP contribution in [0.5, 0.6) is 5.75 Å². The van der Waals surface area contributed by atoms with Gasteiger partial charge in [0.15, 0.2) is 0 Å². The zero-order valence-electron chi connectivity index (χ0n) is 12.8. The van der Waals surface area contributed by atoms with Gasteiger partial charge in [-0.05, 0) is 37.3 Å². The minimum absolute atomic E-state index is 0.0581. The van der Waals surface area contributed by atoms with Gasteiger partial charge < -0.3 is 10.1 Å². The molecule has 23 heavy (non-hydrogen) atoms. The Morgan fingerprint density at radius 3 is 2.65 bits per heavy atom. The molecule has 0 fully saturated rings. The van der Waals surface area contributed by atoms with Crippen molar-refractivity contribution < 1.29 is 13.9 Å². The second-order valence-corrected chi connectivity index (χ2v) is 4.63. The number of ether oxygens (including phenoxy) is 1. The van der Waals surface area contributed by atoms with E-state index in [1.165, 1.54) is 12.3 Å². The van der Waals surface area contributed by atoms with Crippen molar-refractivity contribution in [2.75, 3.05) is 18.5 Å². The number of hydrogen-bond acceptors (Lipinski definition) is 4. The molecule has 120 valence electrons. The third-order valence-electron chi connectivity index (χ3n) is 2.92. The van der Waals surface area contributed by atoms with Crippen LogP contribution in [0.4, 0.5) is 10.1 Å². The number of carbonyl (C=O) groups excluding carboxylic acids is 1. The Balaban J connectivity index is 1.78. The van der Waals surface area contributed by atoms with E-state index < -0.39 is 5.82 Å². The number of benzene rings is 2. The van der Waals surface area contributed by atoms with Crippen LogP contribution in [0.2, 0.25) is 0 Å². The molecule has 0 aromatic heterocycles. The maximum Gasteiger partial charge on any atom is 0.259 e. The van der Waals surface area contributed by atoms with Gasteiger partial charge in [0.25, 0.3) is 5.91 Å². The van der Waals surface area contributed by atoms with Crippen LogP contribution in [-0.4, -0.2) is 25.3 Å². The summed E-state index contributed by atoms with van der Waals surface area (Å²) < 4.78 is 18.7. The van der Waals surface area contributed by atoms with Crippen LogP contribution >= 0.6 is 0 Å². The van der Waals surface area contributed by atoms with Gasteiger partial charge >= 0.3 is 0 Å². The molecule has 0 aliphatic rings. The molecule has 2 rings (SSSR count). The van der Waals surface area contributed by atoms with Crippen molar-refractivity contribution in [3.05, 3.63) is 59.9 Å². The van der Waals surface area contributed by atoms with Crippen molar-refractivity contribution in [3.63, 3.8) is 0 Å². The van der Waals surface area contributed by atoms with Gasteiger partial charge in [-0.2, -0.15) is 5.10 Å². The Bertz CT molecular complexity index is 672. The molecule has 0 spiro atoms. The summed E-state index contributed by atoms with van der Waals surface area (Å²) in [5.74, 6) is 0.0569. The molecular weight excluding hydrogens is 297 g/mol. The number of amides is 1. The average Bonchev–Trinajstić information content (AvgIpc) is 2.56. The summed E-state index contributed by atoms with van der Waals surface area (Å²) in [5, 5.41) is 6.69. The van der Waals surface area contributed by atoms with Crippen molar-refractivity contribution in [2.24, 2.45) is 5.10 Å². The molecule has 6 heteroatoms. The first-order chi connectivity index (χ1) is 11.2. The van der Waals surface area contributed by atoms with Gasteiger partial charge in [-0.15, -0.1) is 0 Å². The quantitative estimate of drug-likeness (QED) is 0.610. The molecule has 0 aliphatic heterocycles. The molecule has 1 amide bonds. The van der Waals surface area contributed by atoms with Crippen LogP contribution < -0.4 is 15.5 Å². The van der Waals surface area contributed by atoms with E-state index in [2.05, 4.69) is 15.8 Å². The largest absolute Gasteiger partial charge is 0.494 e. The van der Waals surface area contributed by atoms with E-state index in [9.17, 15) is 9.18 Å². The molecule has 2 aromatic rings. The van der Waals surface area contributed by atoms with E-state index in [0.717, 1.165) is 11.4 Å². The van der Waals surface area contributed by atoms with Gasteiger partial charge in [-0.3, -0.25) is 4.79 Å². The molecule has 5 nitrogen and oxygen atoms in total. The van der Waals surface area contributed by atoms with E-state index in [4.69, 9.17) is 4.74 Å². The predicted octanol–water partition coefficient (Wildman–Crippen LogP) is 2.79. The van der Waals surface area contributed by atoms with Gasteiger partial charge in [0.2, 0.25) is 0 Å². The SMILES string of the molecule is CCOc1ccc(NCC(=O)NN=Cc2ccccc2F)cc1. The van der Waals surface area contributed by atoms with Crippen molar-refractivity contribution >= 4 is 17.8 Å². The van der Waals surface area contributed by atoms with Crippen LogP contribution in [-0.2, 0) is 4.79 Å². The van der Waals surface area contributed by atoms with Gasteiger partial charge in [-0.25, -0.2) is 9.82 Å². The molecule has 0 aliphatic carbocycles. The summed E-state index contributed by atoms with van der Waals surface area (Å²) in [7, 11) is 0. The molecule has 2 N–H and O–H groups in total. The van der Waals surface area contributed by atoms with Crippen molar-refractivity contribution in [3.8, 4) is 5.75 Å². The van der Waals surface area contributed by atoms with E-state index >= 15 is 0 Å². The number of rotatable bonds is 7. The molecule has 0 saturated carbocycles. The molecule has 0 saturated heterocycles. The predicted molar refractivity (Wildman–Crippen MR) is 88.2 cm³/mol. The Morgan fingerprint density at radius 2 is 1.96 bits per heavy atom. The molecule has 2 aromatic carbocycles. The number of nitrogens with zero attached hydrogens (tertiary/aromatic N) is 1. The van der Waals surface area contributed by atoms with E-state index in [-0.39, 0.29) is 12.5 Å². The lowest BCUT2D eigenvalue weighted by Crippen LogP contribution is -2.25. The molecule has 0 unspecified atom stereocenters. The third-order valence-corrected chi connectivity index (χ3v) is 2.92. The van der Waals surface area contributed by atoms with Crippen molar-refractivity contribution in [1.29, 1.82) is 0 Å². The summed E-state index contributed by atoms with van der Waals surface area (Å²) in [4.78, 5) is 11.7. The monoisotopic (exact) mass is 315 g/mol. The normalized spacial score (nSPS) is 10.5. The summed E-state index contributed by atoms with van der Waals surface area (Å²) in [6.45, 7) is 2.58. The highest BCUT2D eigenvalue weighted by Gasteiger charge is 2.01. The number of hydrogen-bond donors (Lipinski definition) is 2. The van der Waals surface area contributed by atoms with E-state index in [0.29, 0.717) is 12.2 Å². The summed E-state index contributed by atoms with van der Waals surface area (Å²) >= 11 is 0. The lowest BCUT2D eigenvalue weighted by atomic mass is 10.2. The van der Waals surface area contributed by atoms with Crippen molar-refractivity contribution in [1.82, 2.24) is 5.43 Å². The fourth-order valence-corrected chi connectivity index (χ4v) is 1.81. The average molecular weight is 315 g/mol. The first kappa shape index (κ1) is 16.5. The number of hydrazone groups is 1. The Labute approximate surface area is 134 Å². The molecule has 0 heterocycles. The van der Waals surface area contributed by atoms with Crippen LogP contribution in [0, 0.1) is 5.82 Å². The number of nitrogens with one attached hydrogen (secondary N) is 2. The summed E-state index contributed by atoms with van der Waals surface area (Å²) in [6.07, 6.45) is 1.27. The van der Waals surface area contributed by atoms with Crippen LogP contribution in [0.25, 0.3) is 0 Å². The number of halogens is 1. The number of anilines is 1. The fourth-order valence-electron chi connectivity index (χ4n) is 1.81. The standard InChI is InChI=1S/C17H18FN3O2/c1-2-23-15-9-7-14(8-10-15)19-12-17(22)21-20-11-13-5-3-4-6-16(13)18/h3-11,19H,2,12H2,1H3,(H,21,22). The first-order valence-corrected chi connectivity index (χ1v) is 7.22. The molecule has 0 radical (unpaired) electrons. The summed E-state index contributed by atoms with van der Waals surface area (Å²) in [5.41, 5.74) is 3.44. The van der Waals surface area contributed by atoms with Gasteiger partial charge in [0.1, 0.15) is 11.6 Å². The minimum atomic E-state index is -0.391.